The normalized spacial score (nSPS) is 26.4. The first-order chi connectivity index (χ1) is 12.1. The molecule has 0 aliphatic carbocycles. The molecule has 2 aromatic rings. The van der Waals surface area contributed by atoms with E-state index >= 15 is 0 Å². The molecule has 25 heavy (non-hydrogen) atoms. The van der Waals surface area contributed by atoms with Gasteiger partial charge in [-0.25, -0.2) is 0 Å². The Morgan fingerprint density at radius 3 is 2.92 bits per heavy atom. The van der Waals surface area contributed by atoms with Crippen molar-refractivity contribution in [3.8, 4) is 5.75 Å². The second-order valence-electron chi connectivity index (χ2n) is 7.25. The third-order valence-corrected chi connectivity index (χ3v) is 5.23. The van der Waals surface area contributed by atoms with Crippen molar-refractivity contribution >= 4 is 5.69 Å². The maximum absolute atomic E-state index is 6.25. The maximum Gasteiger partial charge on any atom is 0.119 e. The van der Waals surface area contributed by atoms with E-state index in [0.717, 1.165) is 50.5 Å². The Morgan fingerprint density at radius 1 is 1.36 bits per heavy atom. The number of hydrogen-bond donors (Lipinski definition) is 1. The summed E-state index contributed by atoms with van der Waals surface area (Å²) in [6.07, 6.45) is 6.21. The first-order valence-corrected chi connectivity index (χ1v) is 8.89. The molecule has 2 unspecified atom stereocenters. The lowest BCUT2D eigenvalue weighted by Gasteiger charge is -2.23. The molecule has 0 radical (unpaired) electrons. The Balaban J connectivity index is 1.32. The van der Waals surface area contributed by atoms with Gasteiger partial charge in [0.15, 0.2) is 0 Å². The van der Waals surface area contributed by atoms with E-state index in [1.165, 1.54) is 5.56 Å². The van der Waals surface area contributed by atoms with Crippen molar-refractivity contribution in [1.29, 1.82) is 0 Å². The molecule has 134 valence electrons. The van der Waals surface area contributed by atoms with Gasteiger partial charge in [-0.1, -0.05) is 0 Å². The van der Waals surface area contributed by atoms with Crippen molar-refractivity contribution in [2.75, 3.05) is 32.1 Å². The molecule has 2 atom stereocenters. The van der Waals surface area contributed by atoms with Crippen LogP contribution in [0.5, 0.6) is 5.75 Å². The van der Waals surface area contributed by atoms with Crippen molar-refractivity contribution in [3.63, 3.8) is 0 Å². The van der Waals surface area contributed by atoms with Crippen LogP contribution in [-0.2, 0) is 18.3 Å². The summed E-state index contributed by atoms with van der Waals surface area (Å²) in [6.45, 7) is 3.81. The number of hydrogen-bond acceptors (Lipinski definition) is 5. The fourth-order valence-corrected chi connectivity index (χ4v) is 4.02. The lowest BCUT2D eigenvalue weighted by atomic mass is 9.97. The molecule has 0 bridgehead atoms. The second kappa shape index (κ2) is 6.69. The molecule has 1 aromatic carbocycles. The summed E-state index contributed by atoms with van der Waals surface area (Å²) in [5, 5.41) is 7.86. The van der Waals surface area contributed by atoms with E-state index in [0.29, 0.717) is 6.04 Å². The number of aromatic nitrogens is 2. The molecule has 6 heteroatoms. The predicted octanol–water partition coefficient (Wildman–Crippen LogP) is 2.27. The molecule has 1 aromatic heterocycles. The number of methoxy groups -OCH3 is 1. The Morgan fingerprint density at radius 2 is 2.20 bits per heavy atom. The summed E-state index contributed by atoms with van der Waals surface area (Å²) in [4.78, 5) is 2.48. The van der Waals surface area contributed by atoms with Crippen molar-refractivity contribution in [2.24, 2.45) is 7.05 Å². The van der Waals surface area contributed by atoms with Crippen LogP contribution in [0.1, 0.15) is 18.4 Å². The Labute approximate surface area is 148 Å². The molecule has 4 rings (SSSR count). The van der Waals surface area contributed by atoms with Gasteiger partial charge in [-0.05, 0) is 30.7 Å². The van der Waals surface area contributed by atoms with Gasteiger partial charge in [0, 0.05) is 50.6 Å². The lowest BCUT2D eigenvalue weighted by Crippen LogP contribution is -2.33. The number of rotatable bonds is 5. The monoisotopic (exact) mass is 342 g/mol. The number of aryl methyl sites for hydroxylation is 1. The summed E-state index contributed by atoms with van der Waals surface area (Å²) in [6, 6.07) is 8.46. The Bertz CT molecular complexity index is 714. The van der Waals surface area contributed by atoms with E-state index in [9.17, 15) is 0 Å². The molecule has 6 nitrogen and oxygen atoms in total. The van der Waals surface area contributed by atoms with Gasteiger partial charge >= 0.3 is 0 Å². The first kappa shape index (κ1) is 16.4. The highest BCUT2D eigenvalue weighted by molar-refractivity contribution is 5.47. The molecular formula is C19H26N4O2. The molecule has 3 heterocycles. The highest BCUT2D eigenvalue weighted by Crippen LogP contribution is 2.36. The number of ether oxygens (including phenoxy) is 2. The molecule has 2 aliphatic rings. The van der Waals surface area contributed by atoms with Gasteiger partial charge in [0.05, 0.1) is 31.6 Å². The third kappa shape index (κ3) is 3.65. The van der Waals surface area contributed by atoms with Gasteiger partial charge in [0.25, 0.3) is 0 Å². The van der Waals surface area contributed by atoms with E-state index in [4.69, 9.17) is 9.47 Å². The molecule has 2 fully saturated rings. The largest absolute Gasteiger partial charge is 0.497 e. The van der Waals surface area contributed by atoms with Crippen molar-refractivity contribution < 1.29 is 9.47 Å². The van der Waals surface area contributed by atoms with Gasteiger partial charge < -0.3 is 14.8 Å². The van der Waals surface area contributed by atoms with Crippen LogP contribution >= 0.6 is 0 Å². The minimum absolute atomic E-state index is 0.00630. The smallest absolute Gasteiger partial charge is 0.119 e. The SMILES string of the molecule is COc1ccc(NC2COC3(CCN(Cc4cnn(C)c4)C3)C2)cc1. The van der Waals surface area contributed by atoms with E-state index in [2.05, 4.69) is 33.6 Å². The highest BCUT2D eigenvalue weighted by Gasteiger charge is 2.45. The van der Waals surface area contributed by atoms with Crippen LogP contribution in [0.2, 0.25) is 0 Å². The van der Waals surface area contributed by atoms with Crippen LogP contribution in [0.3, 0.4) is 0 Å². The summed E-state index contributed by atoms with van der Waals surface area (Å²) in [5.41, 5.74) is 2.40. The zero-order valence-electron chi connectivity index (χ0n) is 14.9. The van der Waals surface area contributed by atoms with Gasteiger partial charge in [-0.3, -0.25) is 9.58 Å². The molecule has 0 amide bonds. The number of benzene rings is 1. The zero-order chi connectivity index (χ0) is 17.3. The van der Waals surface area contributed by atoms with Crippen LogP contribution in [0.15, 0.2) is 36.7 Å². The Kier molecular flexibility index (Phi) is 4.39. The van der Waals surface area contributed by atoms with Crippen LogP contribution < -0.4 is 10.1 Å². The first-order valence-electron chi connectivity index (χ1n) is 8.89. The minimum Gasteiger partial charge on any atom is -0.497 e. The number of likely N-dealkylation sites (tertiary alicyclic amines) is 1. The number of anilines is 1. The third-order valence-electron chi connectivity index (χ3n) is 5.23. The second-order valence-corrected chi connectivity index (χ2v) is 7.25. The molecule has 1 N–H and O–H groups in total. The van der Waals surface area contributed by atoms with Gasteiger partial charge in [-0.15, -0.1) is 0 Å². The molecule has 2 aliphatic heterocycles. The van der Waals surface area contributed by atoms with E-state index < -0.39 is 0 Å². The standard InChI is InChI=1S/C19H26N4O2/c1-22-11-15(10-20-22)12-23-8-7-19(14-23)9-17(13-25-19)21-16-3-5-18(24-2)6-4-16/h3-6,10-11,17,21H,7-9,12-14H2,1-2H3. The van der Waals surface area contributed by atoms with E-state index in [1.807, 2.05) is 30.1 Å². The zero-order valence-corrected chi connectivity index (χ0v) is 14.9. The molecule has 2 saturated heterocycles. The van der Waals surface area contributed by atoms with Gasteiger partial charge in [0.2, 0.25) is 0 Å². The molecule has 0 saturated carbocycles. The van der Waals surface area contributed by atoms with Crippen molar-refractivity contribution in [3.05, 3.63) is 42.2 Å². The number of nitrogens with zero attached hydrogens (tertiary/aromatic N) is 3. The minimum atomic E-state index is 0.00630. The average molecular weight is 342 g/mol. The summed E-state index contributed by atoms with van der Waals surface area (Å²) in [5.74, 6) is 0.881. The topological polar surface area (TPSA) is 51.5 Å². The molecule has 1 spiro atoms. The fourth-order valence-electron chi connectivity index (χ4n) is 4.02. The quantitative estimate of drug-likeness (QED) is 0.903. The van der Waals surface area contributed by atoms with Crippen LogP contribution in [0, 0.1) is 0 Å². The highest BCUT2D eigenvalue weighted by atomic mass is 16.5. The average Bonchev–Trinajstić information content (AvgIpc) is 3.31. The maximum atomic E-state index is 6.25. The van der Waals surface area contributed by atoms with E-state index in [-0.39, 0.29) is 5.60 Å². The van der Waals surface area contributed by atoms with Gasteiger partial charge in [0.1, 0.15) is 5.75 Å². The Hall–Kier alpha value is -2.05. The molecular weight excluding hydrogens is 316 g/mol. The van der Waals surface area contributed by atoms with Gasteiger partial charge in [-0.2, -0.15) is 5.10 Å². The predicted molar refractivity (Wildman–Crippen MR) is 96.8 cm³/mol. The summed E-state index contributed by atoms with van der Waals surface area (Å²) >= 11 is 0. The summed E-state index contributed by atoms with van der Waals surface area (Å²) in [7, 11) is 3.65. The van der Waals surface area contributed by atoms with Crippen molar-refractivity contribution in [1.82, 2.24) is 14.7 Å². The van der Waals surface area contributed by atoms with Crippen LogP contribution in [-0.4, -0.2) is 53.1 Å². The lowest BCUT2D eigenvalue weighted by molar-refractivity contribution is 0.0120. The van der Waals surface area contributed by atoms with E-state index in [1.54, 1.807) is 7.11 Å². The van der Waals surface area contributed by atoms with Crippen LogP contribution in [0.25, 0.3) is 0 Å². The number of nitrogens with one attached hydrogen (secondary N) is 1. The van der Waals surface area contributed by atoms with Crippen LogP contribution in [0.4, 0.5) is 5.69 Å². The summed E-state index contributed by atoms with van der Waals surface area (Å²) < 4.78 is 13.3. The fraction of sp³-hybridized carbons (Fsp3) is 0.526. The van der Waals surface area contributed by atoms with Crippen molar-refractivity contribution in [2.45, 2.75) is 31.0 Å².